The zero-order chi connectivity index (χ0) is 20.8. The van der Waals surface area contributed by atoms with Crippen molar-refractivity contribution in [3.8, 4) is 11.5 Å². The van der Waals surface area contributed by atoms with Gasteiger partial charge in [-0.3, -0.25) is 0 Å². The van der Waals surface area contributed by atoms with E-state index in [2.05, 4.69) is 25.2 Å². The third-order valence-electron chi connectivity index (χ3n) is 6.04. The fraction of sp³-hybridized carbons (Fsp3) is 0.522. The Hall–Kier alpha value is -2.63. The Morgan fingerprint density at radius 1 is 1.17 bits per heavy atom. The topological polar surface area (TPSA) is 63.9 Å². The number of urea groups is 1. The van der Waals surface area contributed by atoms with Gasteiger partial charge in [0.15, 0.2) is 11.5 Å². The minimum Gasteiger partial charge on any atom is -0.493 e. The van der Waals surface area contributed by atoms with E-state index in [4.69, 9.17) is 13.9 Å². The van der Waals surface area contributed by atoms with Crippen molar-refractivity contribution >= 4 is 6.03 Å². The zero-order valence-corrected chi connectivity index (χ0v) is 17.9. The van der Waals surface area contributed by atoms with Gasteiger partial charge in [-0.2, -0.15) is 0 Å². The molecule has 2 aliphatic rings. The van der Waals surface area contributed by atoms with Crippen molar-refractivity contribution in [2.24, 2.45) is 5.41 Å². The number of carbonyl (C=O) groups is 1. The van der Waals surface area contributed by atoms with Crippen molar-refractivity contribution < 1.29 is 18.7 Å². The largest absolute Gasteiger partial charge is 0.493 e. The summed E-state index contributed by atoms with van der Waals surface area (Å²) in [7, 11) is 3.27. The van der Waals surface area contributed by atoms with Crippen LogP contribution < -0.4 is 14.8 Å². The number of amides is 2. The summed E-state index contributed by atoms with van der Waals surface area (Å²) < 4.78 is 16.7. The van der Waals surface area contributed by atoms with Crippen molar-refractivity contribution in [3.05, 3.63) is 46.4 Å². The highest BCUT2D eigenvalue weighted by Gasteiger charge is 2.36. The molecule has 4 rings (SSSR count). The molecule has 1 aliphatic heterocycles. The van der Waals surface area contributed by atoms with Crippen LogP contribution in [0.25, 0.3) is 0 Å². The molecule has 2 heterocycles. The second kappa shape index (κ2) is 7.32. The molecule has 2 amide bonds. The second-order valence-electron chi connectivity index (χ2n) is 8.93. The normalized spacial score (nSPS) is 19.9. The molecule has 6 heteroatoms. The average Bonchev–Trinajstić information content (AvgIpc) is 3.05. The van der Waals surface area contributed by atoms with Crippen LogP contribution in [-0.2, 0) is 19.4 Å². The molecule has 1 aromatic heterocycles. The predicted molar refractivity (Wildman–Crippen MR) is 110 cm³/mol. The van der Waals surface area contributed by atoms with Crippen LogP contribution >= 0.6 is 0 Å². The number of nitrogens with one attached hydrogen (secondary N) is 1. The van der Waals surface area contributed by atoms with E-state index < -0.39 is 0 Å². The fourth-order valence-electron chi connectivity index (χ4n) is 4.61. The molecule has 6 nitrogen and oxygen atoms in total. The van der Waals surface area contributed by atoms with Gasteiger partial charge in [0.25, 0.3) is 0 Å². The van der Waals surface area contributed by atoms with E-state index in [1.54, 1.807) is 14.2 Å². The first-order valence-corrected chi connectivity index (χ1v) is 10.2. The minimum atomic E-state index is -0.0297. The van der Waals surface area contributed by atoms with E-state index in [0.717, 1.165) is 47.7 Å². The van der Waals surface area contributed by atoms with Gasteiger partial charge in [-0.25, -0.2) is 4.79 Å². The summed E-state index contributed by atoms with van der Waals surface area (Å²) in [6.07, 6.45) is 2.61. The van der Waals surface area contributed by atoms with Crippen LogP contribution in [-0.4, -0.2) is 31.7 Å². The van der Waals surface area contributed by atoms with Crippen LogP contribution in [0, 0.1) is 12.3 Å². The van der Waals surface area contributed by atoms with Gasteiger partial charge >= 0.3 is 6.03 Å². The molecule has 0 radical (unpaired) electrons. The summed E-state index contributed by atoms with van der Waals surface area (Å²) >= 11 is 0. The highest BCUT2D eigenvalue weighted by atomic mass is 16.5. The number of carbonyl (C=O) groups excluding carboxylic acids is 1. The first kappa shape index (κ1) is 19.7. The number of nitrogens with zero attached hydrogens (tertiary/aromatic N) is 1. The molecule has 0 saturated heterocycles. The Bertz CT molecular complexity index is 931. The second-order valence-corrected chi connectivity index (χ2v) is 8.93. The standard InChI is InChI=1S/C23H30N2O4/c1-14-8-17-18(11-23(2,3)12-21(17)29-14)24-22(26)25-7-6-15-9-19(27-4)20(28-5)10-16(15)13-25/h8-10,18H,6-7,11-13H2,1-5H3,(H,24,26)/t18-/m0/s1. The first-order valence-electron chi connectivity index (χ1n) is 10.2. The first-order chi connectivity index (χ1) is 13.8. The molecule has 0 spiro atoms. The summed E-state index contributed by atoms with van der Waals surface area (Å²) in [4.78, 5) is 15.0. The Balaban J connectivity index is 1.52. The van der Waals surface area contributed by atoms with Gasteiger partial charge in [0.2, 0.25) is 0 Å². The third kappa shape index (κ3) is 3.80. The van der Waals surface area contributed by atoms with E-state index in [-0.39, 0.29) is 17.5 Å². The number of methoxy groups -OCH3 is 2. The molecule has 1 N–H and O–H groups in total. The third-order valence-corrected chi connectivity index (χ3v) is 6.04. The number of benzene rings is 1. The Labute approximate surface area is 172 Å². The lowest BCUT2D eigenvalue weighted by atomic mass is 9.75. The highest BCUT2D eigenvalue weighted by Crippen LogP contribution is 2.42. The summed E-state index contributed by atoms with van der Waals surface area (Å²) in [6, 6.07) is 6.02. The number of hydrogen-bond acceptors (Lipinski definition) is 4. The lowest BCUT2D eigenvalue weighted by Gasteiger charge is -2.36. The number of hydrogen-bond donors (Lipinski definition) is 1. The van der Waals surface area contributed by atoms with Crippen molar-refractivity contribution in [1.82, 2.24) is 10.2 Å². The summed E-state index contributed by atoms with van der Waals surface area (Å²) in [6.45, 7) is 7.66. The molecule has 1 aromatic carbocycles. The highest BCUT2D eigenvalue weighted by molar-refractivity contribution is 5.75. The molecule has 0 unspecified atom stereocenters. The Morgan fingerprint density at radius 2 is 1.86 bits per heavy atom. The number of rotatable bonds is 3. The molecule has 0 bridgehead atoms. The maximum atomic E-state index is 13.1. The van der Waals surface area contributed by atoms with Crippen molar-refractivity contribution in [2.75, 3.05) is 20.8 Å². The van der Waals surface area contributed by atoms with E-state index >= 15 is 0 Å². The van der Waals surface area contributed by atoms with Gasteiger partial charge in [-0.15, -0.1) is 0 Å². The van der Waals surface area contributed by atoms with Gasteiger partial charge in [-0.1, -0.05) is 13.8 Å². The molecule has 29 heavy (non-hydrogen) atoms. The van der Waals surface area contributed by atoms with Crippen LogP contribution in [0.5, 0.6) is 11.5 Å². The van der Waals surface area contributed by atoms with Crippen LogP contribution in [0.4, 0.5) is 4.79 Å². The SMILES string of the molecule is COc1cc2c(cc1OC)CN(C(=O)N[C@H]1CC(C)(C)Cc3oc(C)cc31)CC2. The molecule has 2 aromatic rings. The zero-order valence-electron chi connectivity index (χ0n) is 17.9. The maximum absolute atomic E-state index is 13.1. The molecule has 0 saturated carbocycles. The lowest BCUT2D eigenvalue weighted by molar-refractivity contribution is 0.176. The number of aryl methyl sites for hydroxylation is 1. The Morgan fingerprint density at radius 3 is 2.55 bits per heavy atom. The van der Waals surface area contributed by atoms with E-state index in [1.165, 1.54) is 5.56 Å². The minimum absolute atomic E-state index is 0.0227. The molecular formula is C23H30N2O4. The maximum Gasteiger partial charge on any atom is 0.318 e. The summed E-state index contributed by atoms with van der Waals surface area (Å²) in [5.74, 6) is 3.34. The fourth-order valence-corrected chi connectivity index (χ4v) is 4.61. The molecule has 1 atom stereocenters. The van der Waals surface area contributed by atoms with Crippen LogP contribution in [0.2, 0.25) is 0 Å². The molecule has 0 fully saturated rings. The smallest absolute Gasteiger partial charge is 0.318 e. The number of fused-ring (bicyclic) bond motifs is 2. The molecule has 1 aliphatic carbocycles. The van der Waals surface area contributed by atoms with Crippen molar-refractivity contribution in [2.45, 2.75) is 52.6 Å². The molecule has 156 valence electrons. The predicted octanol–water partition coefficient (Wildman–Crippen LogP) is 4.39. The van der Waals surface area contributed by atoms with Crippen LogP contribution in [0.3, 0.4) is 0 Å². The van der Waals surface area contributed by atoms with Gasteiger partial charge in [0.05, 0.1) is 20.3 Å². The quantitative estimate of drug-likeness (QED) is 0.833. The van der Waals surface area contributed by atoms with E-state index in [1.807, 2.05) is 24.0 Å². The van der Waals surface area contributed by atoms with Gasteiger partial charge < -0.3 is 24.1 Å². The van der Waals surface area contributed by atoms with Crippen molar-refractivity contribution in [3.63, 3.8) is 0 Å². The van der Waals surface area contributed by atoms with Crippen molar-refractivity contribution in [1.29, 1.82) is 0 Å². The van der Waals surface area contributed by atoms with E-state index in [0.29, 0.717) is 18.8 Å². The average molecular weight is 399 g/mol. The summed E-state index contributed by atoms with van der Waals surface area (Å²) in [5.41, 5.74) is 3.53. The monoisotopic (exact) mass is 398 g/mol. The number of furan rings is 1. The van der Waals surface area contributed by atoms with Gasteiger partial charge in [0.1, 0.15) is 11.5 Å². The summed E-state index contributed by atoms with van der Waals surface area (Å²) in [5, 5.41) is 3.27. The van der Waals surface area contributed by atoms with Gasteiger partial charge in [0, 0.05) is 25.1 Å². The van der Waals surface area contributed by atoms with E-state index in [9.17, 15) is 4.79 Å². The lowest BCUT2D eigenvalue weighted by Crippen LogP contribution is -2.45. The van der Waals surface area contributed by atoms with Crippen LogP contribution in [0.15, 0.2) is 22.6 Å². The number of ether oxygens (including phenoxy) is 2. The Kier molecular flexibility index (Phi) is 4.97. The molecular weight excluding hydrogens is 368 g/mol. The van der Waals surface area contributed by atoms with Crippen LogP contribution in [0.1, 0.15) is 54.5 Å². The van der Waals surface area contributed by atoms with Gasteiger partial charge in [-0.05, 0) is 54.5 Å².